The van der Waals surface area contributed by atoms with E-state index in [9.17, 15) is 14.6 Å². The molecule has 0 radical (unpaired) electrons. The molecule has 6 heteroatoms. The van der Waals surface area contributed by atoms with E-state index < -0.39 is 13.1 Å². The van der Waals surface area contributed by atoms with Gasteiger partial charge in [0.1, 0.15) is 5.78 Å². The zero-order valence-corrected chi connectivity index (χ0v) is 13.3. The molecule has 0 aromatic heterocycles. The van der Waals surface area contributed by atoms with Crippen LogP contribution in [0.5, 0.6) is 0 Å². The van der Waals surface area contributed by atoms with Crippen molar-refractivity contribution >= 4 is 18.8 Å². The highest BCUT2D eigenvalue weighted by Gasteiger charge is 2.31. The number of hydrogen-bond acceptors (Lipinski definition) is 4. The van der Waals surface area contributed by atoms with Crippen molar-refractivity contribution < 1.29 is 19.3 Å². The summed E-state index contributed by atoms with van der Waals surface area (Å²) in [6, 6.07) is 9.42. The second-order valence-electron chi connectivity index (χ2n) is 5.83. The first kappa shape index (κ1) is 17.4. The van der Waals surface area contributed by atoms with Crippen LogP contribution in [0.1, 0.15) is 31.7 Å². The molecule has 2 rings (SSSR count). The Bertz CT molecular complexity index is 561. The summed E-state index contributed by atoms with van der Waals surface area (Å²) < 4.78 is 5.53. The summed E-state index contributed by atoms with van der Waals surface area (Å²) in [5.74, 6) is -0.668. The molecule has 1 aromatic carbocycles. The van der Waals surface area contributed by atoms with E-state index in [1.54, 1.807) is 0 Å². The van der Waals surface area contributed by atoms with E-state index in [4.69, 9.17) is 4.65 Å². The minimum absolute atomic E-state index is 0.0147. The molecule has 1 aliphatic rings. The van der Waals surface area contributed by atoms with Gasteiger partial charge < -0.3 is 15.0 Å². The average molecular weight is 315 g/mol. The molecular formula is C17H22BNO4. The molecule has 0 unspecified atom stereocenters. The van der Waals surface area contributed by atoms with Gasteiger partial charge in [-0.3, -0.25) is 9.59 Å². The van der Waals surface area contributed by atoms with E-state index in [0.29, 0.717) is 12.8 Å². The van der Waals surface area contributed by atoms with Crippen molar-refractivity contribution in [1.82, 2.24) is 5.32 Å². The zero-order valence-electron chi connectivity index (χ0n) is 13.3. The summed E-state index contributed by atoms with van der Waals surface area (Å²) in [4.78, 5) is 23.4. The summed E-state index contributed by atoms with van der Waals surface area (Å²) >= 11 is 0. The fourth-order valence-electron chi connectivity index (χ4n) is 2.58. The number of hydrogen-bond donors (Lipinski definition) is 2. The number of rotatable bonds is 5. The topological polar surface area (TPSA) is 75.6 Å². The van der Waals surface area contributed by atoms with Gasteiger partial charge in [0.15, 0.2) is 0 Å². The maximum Gasteiger partial charge on any atom is 0.478 e. The highest BCUT2D eigenvalue weighted by atomic mass is 16.5. The Kier molecular flexibility index (Phi) is 6.56. The molecule has 1 heterocycles. The van der Waals surface area contributed by atoms with Crippen LogP contribution in [0.4, 0.5) is 0 Å². The van der Waals surface area contributed by atoms with Crippen LogP contribution >= 0.6 is 0 Å². The highest BCUT2D eigenvalue weighted by molar-refractivity contribution is 6.45. The molecule has 0 bridgehead atoms. The van der Waals surface area contributed by atoms with Crippen LogP contribution in [-0.4, -0.2) is 35.9 Å². The highest BCUT2D eigenvalue weighted by Crippen LogP contribution is 2.14. The van der Waals surface area contributed by atoms with Gasteiger partial charge >= 0.3 is 7.12 Å². The molecule has 1 aromatic rings. The minimum Gasteiger partial charge on any atom is -0.426 e. The van der Waals surface area contributed by atoms with Gasteiger partial charge in [-0.1, -0.05) is 42.5 Å². The first-order valence-electron chi connectivity index (χ1n) is 7.86. The molecule has 0 fully saturated rings. The first-order chi connectivity index (χ1) is 11.0. The number of carbonyl (C=O) groups excluding carboxylic acids is 2. The first-order valence-corrected chi connectivity index (χ1v) is 7.86. The maximum absolute atomic E-state index is 12.1. The van der Waals surface area contributed by atoms with Crippen molar-refractivity contribution in [2.45, 2.75) is 44.7 Å². The van der Waals surface area contributed by atoms with Crippen LogP contribution in [-0.2, 0) is 20.7 Å². The van der Waals surface area contributed by atoms with E-state index >= 15 is 0 Å². The summed E-state index contributed by atoms with van der Waals surface area (Å²) in [5, 5.41) is 13.0. The largest absolute Gasteiger partial charge is 0.478 e. The van der Waals surface area contributed by atoms with Gasteiger partial charge in [-0.05, 0) is 25.3 Å². The lowest BCUT2D eigenvalue weighted by Gasteiger charge is -2.26. The van der Waals surface area contributed by atoms with Crippen LogP contribution < -0.4 is 5.32 Å². The van der Waals surface area contributed by atoms with Crippen molar-refractivity contribution in [3.05, 3.63) is 48.0 Å². The molecule has 23 heavy (non-hydrogen) atoms. The molecule has 2 N–H and O–H groups in total. The van der Waals surface area contributed by atoms with Crippen LogP contribution in [0.2, 0.25) is 0 Å². The Balaban J connectivity index is 1.92. The van der Waals surface area contributed by atoms with Gasteiger partial charge in [-0.25, -0.2) is 0 Å². The van der Waals surface area contributed by atoms with Crippen LogP contribution in [0, 0.1) is 0 Å². The Morgan fingerprint density at radius 2 is 1.96 bits per heavy atom. The van der Waals surface area contributed by atoms with Crippen molar-refractivity contribution in [2.75, 3.05) is 0 Å². The molecule has 0 saturated heterocycles. The predicted octanol–water partition coefficient (Wildman–Crippen LogP) is 1.45. The van der Waals surface area contributed by atoms with Crippen LogP contribution in [0.15, 0.2) is 42.5 Å². The predicted molar refractivity (Wildman–Crippen MR) is 88.6 cm³/mol. The molecule has 1 aliphatic heterocycles. The third-order valence-corrected chi connectivity index (χ3v) is 3.70. The van der Waals surface area contributed by atoms with Gasteiger partial charge in [0, 0.05) is 6.42 Å². The van der Waals surface area contributed by atoms with Crippen molar-refractivity contribution in [1.29, 1.82) is 0 Å². The third kappa shape index (κ3) is 6.00. The molecule has 2 atom stereocenters. The summed E-state index contributed by atoms with van der Waals surface area (Å²) in [5.41, 5.74) is 0.913. The van der Waals surface area contributed by atoms with Crippen LogP contribution in [0.3, 0.4) is 0 Å². The van der Waals surface area contributed by atoms with Crippen LogP contribution in [0.25, 0.3) is 0 Å². The SMILES string of the molecule is CC(=O)C[C@@H]1C/C=C\C[C@H](NC(=O)Cc2ccccc2)B(O)O1. The normalized spacial score (nSPS) is 22.8. The monoisotopic (exact) mass is 315 g/mol. The van der Waals surface area contributed by atoms with Crippen molar-refractivity contribution in [3.63, 3.8) is 0 Å². The lowest BCUT2D eigenvalue weighted by Crippen LogP contribution is -2.50. The Labute approximate surface area is 136 Å². The summed E-state index contributed by atoms with van der Waals surface area (Å²) in [6.45, 7) is 1.50. The lowest BCUT2D eigenvalue weighted by molar-refractivity contribution is -0.121. The number of amides is 1. The van der Waals surface area contributed by atoms with E-state index in [2.05, 4.69) is 5.32 Å². The second kappa shape index (κ2) is 8.65. The zero-order chi connectivity index (χ0) is 16.7. The second-order valence-corrected chi connectivity index (χ2v) is 5.83. The third-order valence-electron chi connectivity index (χ3n) is 3.70. The van der Waals surface area contributed by atoms with Crippen molar-refractivity contribution in [2.24, 2.45) is 0 Å². The van der Waals surface area contributed by atoms with E-state index in [1.165, 1.54) is 6.92 Å². The molecule has 0 saturated carbocycles. The fraction of sp³-hybridized carbons (Fsp3) is 0.412. The Morgan fingerprint density at radius 3 is 2.65 bits per heavy atom. The van der Waals surface area contributed by atoms with Gasteiger partial charge in [-0.15, -0.1) is 0 Å². The molecule has 0 spiro atoms. The van der Waals surface area contributed by atoms with Gasteiger partial charge in [-0.2, -0.15) is 0 Å². The van der Waals surface area contributed by atoms with Gasteiger partial charge in [0.2, 0.25) is 5.91 Å². The average Bonchev–Trinajstić information content (AvgIpc) is 2.49. The summed E-state index contributed by atoms with van der Waals surface area (Å²) in [6.07, 6.45) is 5.07. The van der Waals surface area contributed by atoms with E-state index in [1.807, 2.05) is 42.5 Å². The number of Topliss-reactive ketones (excluding diaryl/α,β-unsaturated/α-hetero) is 1. The maximum atomic E-state index is 12.1. The smallest absolute Gasteiger partial charge is 0.426 e. The standard InChI is InChI=1S/C17H22BNO4/c1-13(20)11-15-9-5-6-10-16(18(22)23-15)19-17(21)12-14-7-3-2-4-8-14/h2-8,15-16,22H,9-12H2,1H3,(H,19,21)/b6-5-/t15-,16-/m0/s1. The number of ketones is 1. The number of carbonyl (C=O) groups is 2. The Hall–Kier alpha value is -1.92. The molecule has 0 aliphatic carbocycles. The van der Waals surface area contributed by atoms with Gasteiger partial charge in [0.05, 0.1) is 18.5 Å². The quantitative estimate of drug-likeness (QED) is 0.637. The fourth-order valence-corrected chi connectivity index (χ4v) is 2.58. The number of benzene rings is 1. The molecule has 1 amide bonds. The number of nitrogens with one attached hydrogen (secondary N) is 1. The lowest BCUT2D eigenvalue weighted by atomic mass is 9.75. The molecule has 5 nitrogen and oxygen atoms in total. The summed E-state index contributed by atoms with van der Waals surface area (Å²) in [7, 11) is -1.12. The molecule has 122 valence electrons. The minimum atomic E-state index is -1.12. The Morgan fingerprint density at radius 1 is 1.26 bits per heavy atom. The van der Waals surface area contributed by atoms with Crippen molar-refractivity contribution in [3.8, 4) is 0 Å². The van der Waals surface area contributed by atoms with E-state index in [-0.39, 0.29) is 30.6 Å². The van der Waals surface area contributed by atoms with E-state index in [0.717, 1.165) is 5.56 Å². The molecular weight excluding hydrogens is 293 g/mol. The van der Waals surface area contributed by atoms with Gasteiger partial charge in [0.25, 0.3) is 0 Å².